The van der Waals surface area contributed by atoms with Crippen LogP contribution in [0.4, 0.5) is 0 Å². The zero-order chi connectivity index (χ0) is 17.2. The Hall–Kier alpha value is -0.0800. The molecule has 2 saturated carbocycles. The van der Waals surface area contributed by atoms with Crippen LogP contribution >= 0.6 is 0 Å². The molecule has 1 saturated heterocycles. The van der Waals surface area contributed by atoms with E-state index in [1.54, 1.807) is 0 Å². The summed E-state index contributed by atoms with van der Waals surface area (Å²) in [5.41, 5.74) is 0.679. The highest BCUT2D eigenvalue weighted by atomic mass is 16.5. The molecular weight excluding hydrogens is 284 g/mol. The van der Waals surface area contributed by atoms with E-state index in [4.69, 9.17) is 4.74 Å². The Morgan fingerprint density at radius 3 is 2.35 bits per heavy atom. The van der Waals surface area contributed by atoms with Crippen LogP contribution in [0.25, 0.3) is 0 Å². The number of rotatable bonds is 3. The lowest BCUT2D eigenvalue weighted by molar-refractivity contribution is -0.166. The molecule has 2 nitrogen and oxygen atoms in total. The zero-order valence-corrected chi connectivity index (χ0v) is 16.4. The largest absolute Gasteiger partial charge is 0.390 e. The van der Waals surface area contributed by atoms with E-state index in [-0.39, 0.29) is 17.6 Å². The van der Waals surface area contributed by atoms with E-state index in [0.717, 1.165) is 6.42 Å². The van der Waals surface area contributed by atoms with Gasteiger partial charge in [0.2, 0.25) is 0 Å². The van der Waals surface area contributed by atoms with Crippen molar-refractivity contribution in [3.8, 4) is 0 Å². The monoisotopic (exact) mass is 322 g/mol. The third kappa shape index (κ3) is 2.42. The van der Waals surface area contributed by atoms with Gasteiger partial charge in [-0.05, 0) is 53.3 Å². The molecule has 3 aliphatic rings. The molecule has 0 bridgehead atoms. The highest BCUT2D eigenvalue weighted by Gasteiger charge is 2.64. The Balaban J connectivity index is 1.88. The Kier molecular flexibility index (Phi) is 4.21. The first-order valence-electron chi connectivity index (χ1n) is 9.89. The van der Waals surface area contributed by atoms with Gasteiger partial charge in [-0.25, -0.2) is 0 Å². The summed E-state index contributed by atoms with van der Waals surface area (Å²) >= 11 is 0. The predicted molar refractivity (Wildman–Crippen MR) is 95.2 cm³/mol. The van der Waals surface area contributed by atoms with Crippen molar-refractivity contribution in [1.29, 1.82) is 0 Å². The summed E-state index contributed by atoms with van der Waals surface area (Å²) in [4.78, 5) is 0. The standard InChI is InChI=1S/C21H38O2/c1-8-9-10-21(7)12-15-16(20(21,5)6)13(2)14-11-19(3,4)18(22)17(14)23-15/h13-18,22H,8-12H2,1-7H3/t13-,14-,15+,16+,17?,18+,21-/m1/s1. The lowest BCUT2D eigenvalue weighted by Gasteiger charge is -2.48. The lowest BCUT2D eigenvalue weighted by Crippen LogP contribution is -2.49. The van der Waals surface area contributed by atoms with Gasteiger partial charge in [0.25, 0.3) is 0 Å². The second-order valence-corrected chi connectivity index (χ2v) is 10.4. The van der Waals surface area contributed by atoms with E-state index in [1.165, 1.54) is 25.7 Å². The van der Waals surface area contributed by atoms with Crippen molar-refractivity contribution in [2.75, 3.05) is 0 Å². The molecule has 0 aromatic rings. The molecule has 3 fully saturated rings. The first-order valence-corrected chi connectivity index (χ1v) is 9.89. The number of fused-ring (bicyclic) bond motifs is 2. The number of ether oxygens (including phenoxy) is 1. The summed E-state index contributed by atoms with van der Waals surface area (Å²) in [5, 5.41) is 10.8. The molecule has 0 spiro atoms. The van der Waals surface area contributed by atoms with Crippen molar-refractivity contribution in [2.24, 2.45) is 34.0 Å². The number of hydrogen-bond acceptors (Lipinski definition) is 2. The molecule has 0 amide bonds. The number of hydrogen-bond donors (Lipinski definition) is 1. The third-order valence-electron chi connectivity index (χ3n) is 8.39. The minimum absolute atomic E-state index is 0.00210. The maximum atomic E-state index is 10.8. The van der Waals surface area contributed by atoms with Crippen LogP contribution in [0.3, 0.4) is 0 Å². The minimum atomic E-state index is -0.304. The minimum Gasteiger partial charge on any atom is -0.390 e. The van der Waals surface area contributed by atoms with Crippen LogP contribution in [-0.2, 0) is 4.74 Å². The smallest absolute Gasteiger partial charge is 0.0874 e. The second-order valence-electron chi connectivity index (χ2n) is 10.4. The number of aliphatic hydroxyl groups is 1. The summed E-state index contributed by atoms with van der Waals surface area (Å²) < 4.78 is 6.61. The molecule has 1 aliphatic heterocycles. The van der Waals surface area contributed by atoms with Crippen molar-refractivity contribution < 1.29 is 9.84 Å². The van der Waals surface area contributed by atoms with Crippen LogP contribution in [0.1, 0.15) is 80.6 Å². The van der Waals surface area contributed by atoms with Crippen molar-refractivity contribution in [2.45, 2.75) is 98.9 Å². The molecule has 1 N–H and O–H groups in total. The zero-order valence-electron chi connectivity index (χ0n) is 16.4. The topological polar surface area (TPSA) is 29.5 Å². The average Bonchev–Trinajstić information content (AvgIpc) is 2.79. The van der Waals surface area contributed by atoms with Gasteiger partial charge in [0, 0.05) is 0 Å². The van der Waals surface area contributed by atoms with Crippen LogP contribution < -0.4 is 0 Å². The second kappa shape index (κ2) is 5.46. The van der Waals surface area contributed by atoms with Gasteiger partial charge in [0.1, 0.15) is 0 Å². The molecular formula is C21H38O2. The molecule has 2 aliphatic carbocycles. The fourth-order valence-electron chi connectivity index (χ4n) is 6.47. The van der Waals surface area contributed by atoms with Gasteiger partial charge in [-0.3, -0.25) is 0 Å². The molecule has 134 valence electrons. The van der Waals surface area contributed by atoms with Crippen molar-refractivity contribution in [1.82, 2.24) is 0 Å². The Morgan fingerprint density at radius 2 is 1.74 bits per heavy atom. The Bertz CT molecular complexity index is 455. The van der Waals surface area contributed by atoms with Gasteiger partial charge in [-0.1, -0.05) is 61.3 Å². The summed E-state index contributed by atoms with van der Waals surface area (Å²) in [7, 11) is 0. The maximum absolute atomic E-state index is 10.8. The summed E-state index contributed by atoms with van der Waals surface area (Å²) in [5.74, 6) is 1.80. The number of unbranched alkanes of at least 4 members (excludes halogenated alkanes) is 1. The van der Waals surface area contributed by atoms with Crippen LogP contribution in [-0.4, -0.2) is 23.4 Å². The molecule has 0 aromatic heterocycles. The maximum Gasteiger partial charge on any atom is 0.0874 e. The average molecular weight is 323 g/mol. The first-order chi connectivity index (χ1) is 10.5. The molecule has 1 heterocycles. The molecule has 0 aromatic carbocycles. The Labute approximate surface area is 143 Å². The summed E-state index contributed by atoms with van der Waals surface area (Å²) in [6.07, 6.45) is 6.27. The van der Waals surface area contributed by atoms with Crippen molar-refractivity contribution >= 4 is 0 Å². The molecule has 23 heavy (non-hydrogen) atoms. The SMILES string of the molecule is CCCC[C@]1(C)C[C@@H]2OC3[C@H](CC(C)(C)[C@H]3O)[C@@H](C)[C@@H]2C1(C)C. The van der Waals surface area contributed by atoms with Crippen molar-refractivity contribution in [3.63, 3.8) is 0 Å². The number of aliphatic hydroxyl groups excluding tert-OH is 1. The van der Waals surface area contributed by atoms with Crippen molar-refractivity contribution in [3.05, 3.63) is 0 Å². The van der Waals surface area contributed by atoms with E-state index in [2.05, 4.69) is 48.5 Å². The fourth-order valence-corrected chi connectivity index (χ4v) is 6.47. The van der Waals surface area contributed by atoms with Gasteiger partial charge in [-0.2, -0.15) is 0 Å². The molecule has 2 heteroatoms. The van der Waals surface area contributed by atoms with E-state index >= 15 is 0 Å². The lowest BCUT2D eigenvalue weighted by atomic mass is 9.59. The van der Waals surface area contributed by atoms with Crippen LogP contribution in [0.5, 0.6) is 0 Å². The van der Waals surface area contributed by atoms with E-state index < -0.39 is 0 Å². The highest BCUT2D eigenvalue weighted by molar-refractivity contribution is 5.12. The van der Waals surface area contributed by atoms with E-state index in [9.17, 15) is 5.11 Å². The van der Waals surface area contributed by atoms with Crippen LogP contribution in [0, 0.1) is 34.0 Å². The quantitative estimate of drug-likeness (QED) is 0.789. The van der Waals surface area contributed by atoms with Gasteiger partial charge in [-0.15, -0.1) is 0 Å². The first kappa shape index (κ1) is 17.7. The Morgan fingerprint density at radius 1 is 1.09 bits per heavy atom. The molecule has 3 rings (SSSR count). The molecule has 7 atom stereocenters. The molecule has 1 unspecified atom stereocenters. The van der Waals surface area contributed by atoms with Gasteiger partial charge < -0.3 is 9.84 Å². The third-order valence-corrected chi connectivity index (χ3v) is 8.39. The van der Waals surface area contributed by atoms with Gasteiger partial charge >= 0.3 is 0 Å². The van der Waals surface area contributed by atoms with Crippen LogP contribution in [0.15, 0.2) is 0 Å². The summed E-state index contributed by atoms with van der Waals surface area (Å²) in [6.45, 7) is 16.6. The van der Waals surface area contributed by atoms with Crippen LogP contribution in [0.2, 0.25) is 0 Å². The molecule has 0 radical (unpaired) electrons. The van der Waals surface area contributed by atoms with Gasteiger partial charge in [0.15, 0.2) is 0 Å². The van der Waals surface area contributed by atoms with E-state index in [0.29, 0.717) is 34.7 Å². The normalized spacial score (nSPS) is 50.6. The fraction of sp³-hybridized carbons (Fsp3) is 1.00. The van der Waals surface area contributed by atoms with Gasteiger partial charge in [0.05, 0.1) is 18.3 Å². The van der Waals surface area contributed by atoms with E-state index in [1.807, 2.05) is 0 Å². The summed E-state index contributed by atoms with van der Waals surface area (Å²) in [6, 6.07) is 0. The highest BCUT2D eigenvalue weighted by Crippen LogP contribution is 2.66. The predicted octanol–water partition coefficient (Wildman–Crippen LogP) is 5.04.